The molecular formula is C14H18O5. The summed E-state index contributed by atoms with van der Waals surface area (Å²) in [5, 5.41) is 0. The van der Waals surface area contributed by atoms with Gasteiger partial charge in [-0.25, -0.2) is 9.59 Å². The Labute approximate surface area is 112 Å². The smallest absolute Gasteiger partial charge is 0.435 e. The first-order chi connectivity index (χ1) is 8.93. The summed E-state index contributed by atoms with van der Waals surface area (Å²) in [5.41, 5.74) is 2.50. The normalized spacial score (nSPS) is 11.6. The van der Waals surface area contributed by atoms with Crippen molar-refractivity contribution in [2.24, 2.45) is 0 Å². The zero-order valence-electron chi connectivity index (χ0n) is 11.6. The number of aryl methyl sites for hydroxylation is 2. The second-order valence-electron chi connectivity index (χ2n) is 4.07. The van der Waals surface area contributed by atoms with Crippen molar-refractivity contribution in [3.63, 3.8) is 0 Å². The Morgan fingerprint density at radius 3 is 2.42 bits per heavy atom. The Morgan fingerprint density at radius 1 is 1.16 bits per heavy atom. The van der Waals surface area contributed by atoms with Crippen molar-refractivity contribution in [1.82, 2.24) is 0 Å². The van der Waals surface area contributed by atoms with Crippen LogP contribution in [0.5, 0.6) is 0 Å². The topological polar surface area (TPSA) is 61.8 Å². The number of hydrogen-bond acceptors (Lipinski definition) is 5. The van der Waals surface area contributed by atoms with E-state index in [0.717, 1.165) is 11.1 Å². The fraction of sp³-hybridized carbons (Fsp3) is 0.429. The van der Waals surface area contributed by atoms with Crippen LogP contribution in [0.15, 0.2) is 18.2 Å². The third-order valence-electron chi connectivity index (χ3n) is 2.54. The molecule has 5 heteroatoms. The Morgan fingerprint density at radius 2 is 1.84 bits per heavy atom. The number of hydrogen-bond donors (Lipinski definition) is 0. The van der Waals surface area contributed by atoms with E-state index >= 15 is 0 Å². The molecule has 0 spiro atoms. The Kier molecular flexibility index (Phi) is 5.36. The van der Waals surface area contributed by atoms with Gasteiger partial charge in [-0.15, -0.1) is 0 Å². The molecule has 0 saturated carbocycles. The van der Waals surface area contributed by atoms with E-state index in [1.165, 1.54) is 6.92 Å². The lowest BCUT2D eigenvalue weighted by Gasteiger charge is -2.14. The number of esters is 1. The maximum Gasteiger partial charge on any atom is 0.511 e. The fourth-order valence-electron chi connectivity index (χ4n) is 1.40. The molecule has 1 atom stereocenters. The Hall–Kier alpha value is -2.04. The number of rotatable bonds is 4. The molecule has 5 nitrogen and oxygen atoms in total. The third-order valence-corrected chi connectivity index (χ3v) is 2.54. The summed E-state index contributed by atoms with van der Waals surface area (Å²) in [6.07, 6.45) is -1.85. The number of benzene rings is 1. The zero-order valence-corrected chi connectivity index (χ0v) is 11.6. The van der Waals surface area contributed by atoms with E-state index in [4.69, 9.17) is 9.47 Å². The van der Waals surface area contributed by atoms with Gasteiger partial charge < -0.3 is 14.2 Å². The average Bonchev–Trinajstić information content (AvgIpc) is 2.32. The van der Waals surface area contributed by atoms with Crippen LogP contribution in [0, 0.1) is 13.8 Å². The molecule has 0 amide bonds. The summed E-state index contributed by atoms with van der Waals surface area (Å²) >= 11 is 0. The van der Waals surface area contributed by atoms with Gasteiger partial charge in [0, 0.05) is 6.92 Å². The van der Waals surface area contributed by atoms with E-state index < -0.39 is 18.4 Å². The molecule has 19 heavy (non-hydrogen) atoms. The summed E-state index contributed by atoms with van der Waals surface area (Å²) in [5.74, 6) is -0.542. The van der Waals surface area contributed by atoms with Crippen molar-refractivity contribution in [2.75, 3.05) is 6.61 Å². The number of carbonyl (C=O) groups is 2. The highest BCUT2D eigenvalue weighted by Crippen LogP contribution is 2.12. The van der Waals surface area contributed by atoms with Crippen LogP contribution in [0.25, 0.3) is 0 Å². The van der Waals surface area contributed by atoms with Crippen molar-refractivity contribution in [3.8, 4) is 0 Å². The van der Waals surface area contributed by atoms with Gasteiger partial charge in [0.2, 0.25) is 6.29 Å². The Balaban J connectivity index is 2.59. The van der Waals surface area contributed by atoms with Crippen LogP contribution >= 0.6 is 0 Å². The number of carbonyl (C=O) groups excluding carboxylic acids is 2. The minimum Gasteiger partial charge on any atom is -0.435 e. The molecule has 0 N–H and O–H groups in total. The molecule has 0 heterocycles. The van der Waals surface area contributed by atoms with Crippen molar-refractivity contribution in [2.45, 2.75) is 34.0 Å². The van der Waals surface area contributed by atoms with Crippen LogP contribution in [0.2, 0.25) is 0 Å². The largest absolute Gasteiger partial charge is 0.511 e. The standard InChI is InChI=1S/C14H18O5/c1-5-17-14(16)19-11(4)18-13(15)12-7-6-9(2)10(3)8-12/h6-8,11H,5H2,1-4H3. The second kappa shape index (κ2) is 6.78. The first-order valence-corrected chi connectivity index (χ1v) is 6.05. The summed E-state index contributed by atoms with van der Waals surface area (Å²) in [6.45, 7) is 7.18. The van der Waals surface area contributed by atoms with Crippen molar-refractivity contribution in [3.05, 3.63) is 34.9 Å². The maximum atomic E-state index is 11.8. The van der Waals surface area contributed by atoms with E-state index in [0.29, 0.717) is 5.56 Å². The van der Waals surface area contributed by atoms with Gasteiger partial charge in [0.15, 0.2) is 0 Å². The van der Waals surface area contributed by atoms with E-state index in [2.05, 4.69) is 4.74 Å². The lowest BCUT2D eigenvalue weighted by Crippen LogP contribution is -2.22. The van der Waals surface area contributed by atoms with Gasteiger partial charge in [-0.3, -0.25) is 0 Å². The van der Waals surface area contributed by atoms with Crippen LogP contribution in [0.1, 0.15) is 35.3 Å². The molecule has 104 valence electrons. The van der Waals surface area contributed by atoms with Gasteiger partial charge in [0.05, 0.1) is 12.2 Å². The van der Waals surface area contributed by atoms with Crippen molar-refractivity contribution >= 4 is 12.1 Å². The van der Waals surface area contributed by atoms with E-state index in [1.807, 2.05) is 19.9 Å². The molecule has 1 unspecified atom stereocenters. The van der Waals surface area contributed by atoms with Gasteiger partial charge in [-0.05, 0) is 44.0 Å². The van der Waals surface area contributed by atoms with E-state index in [9.17, 15) is 9.59 Å². The quantitative estimate of drug-likeness (QED) is 0.619. The van der Waals surface area contributed by atoms with Crippen molar-refractivity contribution < 1.29 is 23.8 Å². The average molecular weight is 266 g/mol. The summed E-state index contributed by atoms with van der Waals surface area (Å²) < 4.78 is 14.3. The first-order valence-electron chi connectivity index (χ1n) is 6.05. The van der Waals surface area contributed by atoms with Crippen LogP contribution in [0.3, 0.4) is 0 Å². The fourth-order valence-corrected chi connectivity index (χ4v) is 1.40. The minimum absolute atomic E-state index is 0.205. The van der Waals surface area contributed by atoms with Crippen molar-refractivity contribution in [1.29, 1.82) is 0 Å². The first kappa shape index (κ1) is 15.0. The summed E-state index contributed by atoms with van der Waals surface area (Å²) in [4.78, 5) is 22.8. The van der Waals surface area contributed by atoms with Gasteiger partial charge in [-0.1, -0.05) is 6.07 Å². The van der Waals surface area contributed by atoms with Crippen LogP contribution < -0.4 is 0 Å². The molecule has 0 aliphatic heterocycles. The van der Waals surface area contributed by atoms with Crippen LogP contribution in [-0.2, 0) is 14.2 Å². The summed E-state index contributed by atoms with van der Waals surface area (Å²) in [6, 6.07) is 5.24. The predicted molar refractivity (Wildman–Crippen MR) is 68.9 cm³/mol. The van der Waals surface area contributed by atoms with Gasteiger partial charge in [-0.2, -0.15) is 0 Å². The van der Waals surface area contributed by atoms with Gasteiger partial charge >= 0.3 is 12.1 Å². The third kappa shape index (κ3) is 4.62. The van der Waals surface area contributed by atoms with Crippen LogP contribution in [0.4, 0.5) is 4.79 Å². The summed E-state index contributed by atoms with van der Waals surface area (Å²) in [7, 11) is 0. The maximum absolute atomic E-state index is 11.8. The van der Waals surface area contributed by atoms with Gasteiger partial charge in [0.25, 0.3) is 0 Å². The highest BCUT2D eigenvalue weighted by atomic mass is 16.8. The molecule has 0 saturated heterocycles. The molecule has 0 aromatic heterocycles. The molecule has 0 aliphatic rings. The predicted octanol–water partition coefficient (Wildman–Crippen LogP) is 2.98. The molecule has 1 aromatic rings. The molecular weight excluding hydrogens is 248 g/mol. The van der Waals surface area contributed by atoms with Crippen LogP contribution in [-0.4, -0.2) is 25.0 Å². The lowest BCUT2D eigenvalue weighted by atomic mass is 10.1. The minimum atomic E-state index is -0.992. The highest BCUT2D eigenvalue weighted by molar-refractivity contribution is 5.89. The molecule has 0 aliphatic carbocycles. The monoisotopic (exact) mass is 266 g/mol. The highest BCUT2D eigenvalue weighted by Gasteiger charge is 2.16. The van der Waals surface area contributed by atoms with Gasteiger partial charge in [0.1, 0.15) is 0 Å². The molecule has 0 bridgehead atoms. The van der Waals surface area contributed by atoms with E-state index in [1.54, 1.807) is 19.1 Å². The SMILES string of the molecule is CCOC(=O)OC(C)OC(=O)c1ccc(C)c(C)c1. The van der Waals surface area contributed by atoms with E-state index in [-0.39, 0.29) is 6.61 Å². The molecule has 0 fully saturated rings. The number of ether oxygens (including phenoxy) is 3. The molecule has 1 aromatic carbocycles. The lowest BCUT2D eigenvalue weighted by molar-refractivity contribution is -0.0811. The molecule has 1 rings (SSSR count). The second-order valence-corrected chi connectivity index (χ2v) is 4.07. The molecule has 0 radical (unpaired) electrons. The zero-order chi connectivity index (χ0) is 14.4. The Bertz CT molecular complexity index is 467.